The molecule has 9 nitrogen and oxygen atoms in total. The number of amides is 1. The maximum Gasteiger partial charge on any atom is 0.416 e. The van der Waals surface area contributed by atoms with Crippen LogP contribution in [0.4, 0.5) is 18.9 Å². The Morgan fingerprint density at radius 3 is 2.58 bits per heavy atom. The number of aromatic carboxylic acids is 1. The van der Waals surface area contributed by atoms with E-state index in [4.69, 9.17) is 18.9 Å². The number of carboxylic acid groups (broad SMARTS) is 1. The van der Waals surface area contributed by atoms with Crippen molar-refractivity contribution < 1.29 is 46.8 Å². The summed E-state index contributed by atoms with van der Waals surface area (Å²) in [7, 11) is 2.79. The third kappa shape index (κ3) is 3.65. The van der Waals surface area contributed by atoms with E-state index in [0.29, 0.717) is 17.1 Å². The molecule has 1 amide bonds. The molecule has 1 aromatic heterocycles. The number of carbonyl (C=O) groups excluding carboxylic acids is 1. The topological polar surface area (TPSA) is 108 Å². The van der Waals surface area contributed by atoms with Crippen LogP contribution in [0.3, 0.4) is 0 Å². The summed E-state index contributed by atoms with van der Waals surface area (Å²) in [6.07, 6.45) is -3.56. The van der Waals surface area contributed by atoms with E-state index >= 15 is 0 Å². The summed E-state index contributed by atoms with van der Waals surface area (Å²) in [6.45, 7) is -0.0710. The molecule has 0 radical (unpaired) electrons. The lowest BCUT2D eigenvalue weighted by Gasteiger charge is -2.28. The number of ether oxygens (including phenoxy) is 4. The van der Waals surface area contributed by atoms with Crippen LogP contribution in [0, 0.1) is 0 Å². The number of alkyl halides is 3. The van der Waals surface area contributed by atoms with Gasteiger partial charge in [-0.25, -0.2) is 4.79 Å². The van der Waals surface area contributed by atoms with E-state index in [2.05, 4.69) is 5.32 Å². The van der Waals surface area contributed by atoms with Crippen LogP contribution in [0.5, 0.6) is 23.0 Å². The van der Waals surface area contributed by atoms with Crippen LogP contribution in [0.15, 0.2) is 36.5 Å². The predicted octanol–water partition coefficient (Wildman–Crippen LogP) is 4.41. The van der Waals surface area contributed by atoms with Gasteiger partial charge < -0.3 is 33.9 Å². The molecule has 2 aliphatic rings. The number of hydrogen-bond acceptors (Lipinski definition) is 6. The molecule has 0 saturated carbocycles. The SMILES string of the molecule is COc1c([C@@H]2CC(=O)Nc3c(C(=O)O)cn(-c4cccc(C(F)(F)F)c4)c32)cc2c(c1OC)OCO2. The smallest absolute Gasteiger partial charge is 0.416 e. The zero-order valence-corrected chi connectivity index (χ0v) is 18.9. The Morgan fingerprint density at radius 1 is 1.17 bits per heavy atom. The summed E-state index contributed by atoms with van der Waals surface area (Å²) < 4.78 is 63.7. The fraction of sp³-hybridized carbons (Fsp3) is 0.250. The van der Waals surface area contributed by atoms with Gasteiger partial charge in [-0.05, 0) is 24.3 Å². The number of carboxylic acids is 1. The maximum absolute atomic E-state index is 13.4. The number of rotatable bonds is 5. The van der Waals surface area contributed by atoms with Gasteiger partial charge in [-0.2, -0.15) is 13.2 Å². The van der Waals surface area contributed by atoms with Gasteiger partial charge in [0, 0.05) is 29.8 Å². The zero-order valence-electron chi connectivity index (χ0n) is 18.9. The largest absolute Gasteiger partial charge is 0.492 e. The van der Waals surface area contributed by atoms with Gasteiger partial charge in [0.1, 0.15) is 5.56 Å². The molecule has 0 bridgehead atoms. The molecule has 3 heterocycles. The van der Waals surface area contributed by atoms with Crippen LogP contribution in [-0.4, -0.2) is 42.6 Å². The average Bonchev–Trinajstić information content (AvgIpc) is 3.46. The first-order valence-corrected chi connectivity index (χ1v) is 10.6. The third-order valence-electron chi connectivity index (χ3n) is 6.10. The van der Waals surface area contributed by atoms with Crippen LogP contribution >= 0.6 is 0 Å². The normalized spacial score (nSPS) is 16.4. The molecule has 188 valence electrons. The highest BCUT2D eigenvalue weighted by atomic mass is 19.4. The number of carbonyl (C=O) groups is 2. The van der Waals surface area contributed by atoms with Gasteiger partial charge in [0.25, 0.3) is 0 Å². The summed E-state index contributed by atoms with van der Waals surface area (Å²) in [4.78, 5) is 24.8. The highest BCUT2D eigenvalue weighted by molar-refractivity contribution is 6.04. The number of anilines is 1. The van der Waals surface area contributed by atoms with E-state index < -0.39 is 29.5 Å². The van der Waals surface area contributed by atoms with Crippen LogP contribution in [-0.2, 0) is 11.0 Å². The van der Waals surface area contributed by atoms with E-state index in [1.807, 2.05) is 0 Å². The molecular weight excluding hydrogens is 485 g/mol. The molecule has 3 aromatic rings. The number of hydrogen-bond donors (Lipinski definition) is 2. The van der Waals surface area contributed by atoms with E-state index in [1.165, 1.54) is 37.1 Å². The molecular formula is C24H19F3N2O7. The zero-order chi connectivity index (χ0) is 25.8. The van der Waals surface area contributed by atoms with Crippen molar-refractivity contribution >= 4 is 17.6 Å². The van der Waals surface area contributed by atoms with Gasteiger partial charge >= 0.3 is 12.1 Å². The second kappa shape index (κ2) is 8.40. The Kier molecular flexibility index (Phi) is 5.46. The van der Waals surface area contributed by atoms with Gasteiger partial charge in [0.05, 0.1) is 31.2 Å². The Hall–Kier alpha value is -4.35. The minimum absolute atomic E-state index is 0.0140. The molecule has 2 aromatic carbocycles. The Balaban J connectivity index is 1.79. The Bertz CT molecular complexity index is 1400. The van der Waals surface area contributed by atoms with Crippen molar-refractivity contribution in [2.75, 3.05) is 26.3 Å². The molecule has 1 atom stereocenters. The third-order valence-corrected chi connectivity index (χ3v) is 6.10. The molecule has 2 N–H and O–H groups in total. The molecule has 12 heteroatoms. The van der Waals surface area contributed by atoms with Crippen LogP contribution < -0.4 is 24.3 Å². The first-order chi connectivity index (χ1) is 17.1. The summed E-state index contributed by atoms with van der Waals surface area (Å²) in [6, 6.07) is 6.08. The number of methoxy groups -OCH3 is 2. The Labute approximate surface area is 201 Å². The molecule has 0 fully saturated rings. The molecule has 0 saturated heterocycles. The predicted molar refractivity (Wildman–Crippen MR) is 118 cm³/mol. The van der Waals surface area contributed by atoms with E-state index in [-0.39, 0.29) is 47.3 Å². The summed E-state index contributed by atoms with van der Waals surface area (Å²) in [5.74, 6) is -1.59. The summed E-state index contributed by atoms with van der Waals surface area (Å²) in [5, 5.41) is 12.4. The first-order valence-electron chi connectivity index (χ1n) is 10.6. The molecule has 0 unspecified atom stereocenters. The first kappa shape index (κ1) is 23.4. The Morgan fingerprint density at radius 2 is 1.92 bits per heavy atom. The van der Waals surface area contributed by atoms with Gasteiger partial charge in [-0.1, -0.05) is 6.07 Å². The minimum Gasteiger partial charge on any atom is -0.492 e. The number of halogens is 3. The highest BCUT2D eigenvalue weighted by Gasteiger charge is 2.39. The molecule has 0 spiro atoms. The molecule has 0 aliphatic carbocycles. The van der Waals surface area contributed by atoms with Gasteiger partial charge in [-0.3, -0.25) is 4.79 Å². The number of aromatic nitrogens is 1. The van der Waals surface area contributed by atoms with Crippen molar-refractivity contribution in [2.24, 2.45) is 0 Å². The molecule has 36 heavy (non-hydrogen) atoms. The van der Waals surface area contributed by atoms with Crippen LogP contribution in [0.25, 0.3) is 5.69 Å². The van der Waals surface area contributed by atoms with Crippen molar-refractivity contribution in [3.8, 4) is 28.7 Å². The van der Waals surface area contributed by atoms with Crippen LogP contribution in [0.1, 0.15) is 39.5 Å². The van der Waals surface area contributed by atoms with Crippen molar-refractivity contribution in [3.05, 3.63) is 58.9 Å². The van der Waals surface area contributed by atoms with Crippen LogP contribution in [0.2, 0.25) is 0 Å². The lowest BCUT2D eigenvalue weighted by molar-refractivity contribution is -0.137. The second-order valence-electron chi connectivity index (χ2n) is 8.10. The lowest BCUT2D eigenvalue weighted by Crippen LogP contribution is -2.26. The number of nitrogens with zero attached hydrogens (tertiary/aromatic N) is 1. The van der Waals surface area contributed by atoms with Crippen molar-refractivity contribution in [3.63, 3.8) is 0 Å². The summed E-state index contributed by atoms with van der Waals surface area (Å²) >= 11 is 0. The molecule has 2 aliphatic heterocycles. The number of fused-ring (bicyclic) bond motifs is 2. The highest BCUT2D eigenvalue weighted by Crippen LogP contribution is 2.54. The standard InChI is InChI=1S/C24H19F3N2O7/c1-33-20-14(7-16-21(22(20)34-2)36-10-35-16)13-8-17(30)28-18-15(23(31)32)9-29(19(13)18)12-5-3-4-11(6-12)24(25,26)27/h3-7,9,13H,8,10H2,1-2H3,(H,28,30)(H,31,32)/t13-/m0/s1. The fourth-order valence-corrected chi connectivity index (χ4v) is 4.60. The number of benzene rings is 2. The quantitative estimate of drug-likeness (QED) is 0.530. The average molecular weight is 504 g/mol. The summed E-state index contributed by atoms with van der Waals surface area (Å²) in [5.41, 5.74) is -0.435. The monoisotopic (exact) mass is 504 g/mol. The second-order valence-corrected chi connectivity index (χ2v) is 8.10. The van der Waals surface area contributed by atoms with Gasteiger partial charge in [0.2, 0.25) is 24.2 Å². The lowest BCUT2D eigenvalue weighted by atomic mass is 9.87. The van der Waals surface area contributed by atoms with E-state index in [0.717, 1.165) is 12.1 Å². The van der Waals surface area contributed by atoms with Crippen molar-refractivity contribution in [2.45, 2.75) is 18.5 Å². The van der Waals surface area contributed by atoms with E-state index in [1.54, 1.807) is 6.07 Å². The fourth-order valence-electron chi connectivity index (χ4n) is 4.60. The number of nitrogens with one attached hydrogen (secondary N) is 1. The van der Waals surface area contributed by atoms with Crippen molar-refractivity contribution in [1.29, 1.82) is 0 Å². The van der Waals surface area contributed by atoms with E-state index in [9.17, 15) is 27.9 Å². The molecule has 5 rings (SSSR count). The van der Waals surface area contributed by atoms with Gasteiger partial charge in [0.15, 0.2) is 11.5 Å². The van der Waals surface area contributed by atoms with Crippen molar-refractivity contribution in [1.82, 2.24) is 4.57 Å². The maximum atomic E-state index is 13.4. The minimum atomic E-state index is -4.61. The van der Waals surface area contributed by atoms with Gasteiger partial charge in [-0.15, -0.1) is 0 Å².